The third-order valence-corrected chi connectivity index (χ3v) is 6.91. The molecule has 5 nitrogen and oxygen atoms in total. The molecule has 0 radical (unpaired) electrons. The van der Waals surface area contributed by atoms with Crippen LogP contribution in [0.2, 0.25) is 5.02 Å². The Bertz CT molecular complexity index is 1190. The molecule has 1 N–H and O–H groups in total. The first-order valence-corrected chi connectivity index (χ1v) is 11.1. The average Bonchev–Trinajstić information content (AvgIpc) is 3.50. The summed E-state index contributed by atoms with van der Waals surface area (Å²) in [6.45, 7) is -0.0172. The molecule has 2 atom stereocenters. The Morgan fingerprint density at radius 2 is 1.94 bits per heavy atom. The third-order valence-electron chi connectivity index (χ3n) is 6.50. The maximum absolute atomic E-state index is 14.1. The summed E-state index contributed by atoms with van der Waals surface area (Å²) in [7, 11) is 0. The predicted molar refractivity (Wildman–Crippen MR) is 116 cm³/mol. The molecule has 1 aromatic heterocycles. The van der Waals surface area contributed by atoms with Crippen molar-refractivity contribution in [1.29, 1.82) is 0 Å². The van der Waals surface area contributed by atoms with Gasteiger partial charge >= 0.3 is 6.18 Å². The van der Waals surface area contributed by atoms with E-state index in [-0.39, 0.29) is 35.6 Å². The maximum atomic E-state index is 14.1. The summed E-state index contributed by atoms with van der Waals surface area (Å²) in [5, 5.41) is 13.9. The van der Waals surface area contributed by atoms with E-state index in [0.29, 0.717) is 18.4 Å². The number of carbonyl (C=O) groups excluding carboxylic acids is 1. The Kier molecular flexibility index (Phi) is 5.45. The number of nitrogens with zero attached hydrogens (tertiary/aromatic N) is 3. The van der Waals surface area contributed by atoms with Crippen molar-refractivity contribution in [2.75, 3.05) is 0 Å². The number of carbonyl (C=O) groups is 1. The number of rotatable bonds is 4. The van der Waals surface area contributed by atoms with E-state index >= 15 is 0 Å². The number of fused-ring (bicyclic) bond motifs is 1. The Morgan fingerprint density at radius 3 is 2.55 bits per heavy atom. The second-order valence-corrected chi connectivity index (χ2v) is 8.92. The van der Waals surface area contributed by atoms with Crippen LogP contribution < -0.4 is 0 Å². The molecule has 1 amide bonds. The van der Waals surface area contributed by atoms with Gasteiger partial charge in [-0.2, -0.15) is 18.3 Å². The maximum Gasteiger partial charge on any atom is 0.418 e. The molecule has 1 aliphatic heterocycles. The first kappa shape index (κ1) is 22.0. The van der Waals surface area contributed by atoms with Gasteiger partial charge in [0.05, 0.1) is 28.4 Å². The zero-order valence-corrected chi connectivity index (χ0v) is 18.3. The molecule has 2 aliphatic rings. The van der Waals surface area contributed by atoms with Gasteiger partial charge in [0.2, 0.25) is 0 Å². The molecule has 2 aromatic carbocycles. The highest BCUT2D eigenvalue weighted by Crippen LogP contribution is 2.44. The molecule has 1 aliphatic carbocycles. The standard InChI is InChI=1S/C24H21ClF3N3O2/c25-22-18-13-30(19-3-1-4-20(19)32)23(33)17(18)12-15(21(22)24(26,27)28)11-14-5-7-16(8-6-14)31-10-2-9-29-31/h2,5-10,12,19-20,32H,1,3-4,11,13H2. The summed E-state index contributed by atoms with van der Waals surface area (Å²) in [6.07, 6.45) is 0.0214. The van der Waals surface area contributed by atoms with Crippen molar-refractivity contribution in [3.63, 3.8) is 0 Å². The quantitative estimate of drug-likeness (QED) is 0.577. The lowest BCUT2D eigenvalue weighted by molar-refractivity contribution is -0.138. The minimum Gasteiger partial charge on any atom is -0.391 e. The Morgan fingerprint density at radius 1 is 1.18 bits per heavy atom. The number of hydrogen-bond acceptors (Lipinski definition) is 3. The second-order valence-electron chi connectivity index (χ2n) is 8.54. The van der Waals surface area contributed by atoms with Crippen molar-refractivity contribution < 1.29 is 23.1 Å². The van der Waals surface area contributed by atoms with Crippen LogP contribution in [0.15, 0.2) is 48.8 Å². The molecule has 9 heteroatoms. The number of benzene rings is 2. The summed E-state index contributed by atoms with van der Waals surface area (Å²) >= 11 is 6.30. The molecule has 33 heavy (non-hydrogen) atoms. The van der Waals surface area contributed by atoms with Gasteiger partial charge in [-0.25, -0.2) is 4.68 Å². The molecule has 172 valence electrons. The van der Waals surface area contributed by atoms with Crippen molar-refractivity contribution in [1.82, 2.24) is 14.7 Å². The predicted octanol–water partition coefficient (Wildman–Crippen LogP) is 5.00. The molecule has 0 saturated heterocycles. The van der Waals surface area contributed by atoms with Crippen LogP contribution in [0.5, 0.6) is 0 Å². The van der Waals surface area contributed by atoms with Gasteiger partial charge in [-0.15, -0.1) is 0 Å². The molecular weight excluding hydrogens is 455 g/mol. The number of amides is 1. The van der Waals surface area contributed by atoms with Gasteiger partial charge in [-0.3, -0.25) is 4.79 Å². The monoisotopic (exact) mass is 475 g/mol. The van der Waals surface area contributed by atoms with Crippen LogP contribution in [0.4, 0.5) is 13.2 Å². The number of aromatic nitrogens is 2. The highest BCUT2D eigenvalue weighted by Gasteiger charge is 2.44. The van der Waals surface area contributed by atoms with Crippen molar-refractivity contribution in [3.05, 3.63) is 81.6 Å². The molecule has 2 unspecified atom stereocenters. The largest absolute Gasteiger partial charge is 0.418 e. The fourth-order valence-electron chi connectivity index (χ4n) is 4.89. The number of alkyl halides is 3. The first-order chi connectivity index (χ1) is 15.7. The fourth-order valence-corrected chi connectivity index (χ4v) is 5.28. The zero-order chi connectivity index (χ0) is 23.3. The second kappa shape index (κ2) is 8.18. The van der Waals surface area contributed by atoms with Crippen LogP contribution >= 0.6 is 11.6 Å². The highest BCUT2D eigenvalue weighted by atomic mass is 35.5. The van der Waals surface area contributed by atoms with Gasteiger partial charge < -0.3 is 10.0 Å². The van der Waals surface area contributed by atoms with E-state index in [1.807, 2.05) is 0 Å². The van der Waals surface area contributed by atoms with E-state index in [9.17, 15) is 23.1 Å². The van der Waals surface area contributed by atoms with Crippen LogP contribution in [0.3, 0.4) is 0 Å². The Balaban J connectivity index is 1.51. The lowest BCUT2D eigenvalue weighted by atomic mass is 9.94. The molecule has 3 aromatic rings. The number of aliphatic hydroxyl groups is 1. The average molecular weight is 476 g/mol. The zero-order valence-electron chi connectivity index (χ0n) is 17.5. The van der Waals surface area contributed by atoms with Crippen LogP contribution in [0.1, 0.15) is 51.9 Å². The van der Waals surface area contributed by atoms with Crippen molar-refractivity contribution in [2.45, 2.75) is 50.6 Å². The van der Waals surface area contributed by atoms with Crippen molar-refractivity contribution >= 4 is 17.5 Å². The SMILES string of the molecule is O=C1c2cc(Cc3ccc(-n4cccn4)cc3)c(C(F)(F)F)c(Cl)c2CN1C1CCCC1O. The molecular formula is C24H21ClF3N3O2. The normalized spacial score (nSPS) is 20.5. The fraction of sp³-hybridized carbons (Fsp3) is 0.333. The molecule has 2 heterocycles. The summed E-state index contributed by atoms with van der Waals surface area (Å²) in [5.41, 5.74) is 0.871. The molecule has 0 spiro atoms. The lowest BCUT2D eigenvalue weighted by Gasteiger charge is -2.26. The van der Waals surface area contributed by atoms with Gasteiger partial charge in [0.25, 0.3) is 5.91 Å². The molecule has 5 rings (SSSR count). The summed E-state index contributed by atoms with van der Waals surface area (Å²) < 4.78 is 43.8. The van der Waals surface area contributed by atoms with Gasteiger partial charge in [0, 0.05) is 30.1 Å². The van der Waals surface area contributed by atoms with Gasteiger partial charge in [0.1, 0.15) is 0 Å². The van der Waals surface area contributed by atoms with E-state index < -0.39 is 28.9 Å². The van der Waals surface area contributed by atoms with Gasteiger partial charge in [-0.05, 0) is 61.1 Å². The lowest BCUT2D eigenvalue weighted by Crippen LogP contribution is -2.40. The molecule has 0 bridgehead atoms. The van der Waals surface area contributed by atoms with Gasteiger partial charge in [-0.1, -0.05) is 23.7 Å². The van der Waals surface area contributed by atoms with Gasteiger partial charge in [0.15, 0.2) is 0 Å². The van der Waals surface area contributed by atoms with Crippen LogP contribution in [0, 0.1) is 0 Å². The van der Waals surface area contributed by atoms with E-state index in [2.05, 4.69) is 5.10 Å². The van der Waals surface area contributed by atoms with Crippen molar-refractivity contribution in [3.8, 4) is 5.69 Å². The van der Waals surface area contributed by atoms with E-state index in [4.69, 9.17) is 11.6 Å². The topological polar surface area (TPSA) is 58.4 Å². The van der Waals surface area contributed by atoms with Crippen LogP contribution in [-0.4, -0.2) is 37.8 Å². The van der Waals surface area contributed by atoms with Crippen LogP contribution in [-0.2, 0) is 19.1 Å². The van der Waals surface area contributed by atoms with Crippen LogP contribution in [0.25, 0.3) is 5.69 Å². The third kappa shape index (κ3) is 3.91. The number of aliphatic hydroxyl groups excluding tert-OH is 1. The summed E-state index contributed by atoms with van der Waals surface area (Å²) in [5.74, 6) is -0.373. The number of halogens is 4. The number of hydrogen-bond donors (Lipinski definition) is 1. The molecule has 1 saturated carbocycles. The summed E-state index contributed by atoms with van der Waals surface area (Å²) in [4.78, 5) is 14.6. The highest BCUT2D eigenvalue weighted by molar-refractivity contribution is 6.33. The minimum absolute atomic E-state index is 0.0172. The Labute approximate surface area is 193 Å². The van der Waals surface area contributed by atoms with E-state index in [1.54, 1.807) is 47.4 Å². The van der Waals surface area contributed by atoms with E-state index in [0.717, 1.165) is 12.1 Å². The smallest absolute Gasteiger partial charge is 0.391 e. The Hall–Kier alpha value is -2.84. The van der Waals surface area contributed by atoms with E-state index in [1.165, 1.54) is 11.0 Å². The minimum atomic E-state index is -4.67. The first-order valence-electron chi connectivity index (χ1n) is 10.7. The summed E-state index contributed by atoms with van der Waals surface area (Å²) in [6, 6.07) is 9.74. The van der Waals surface area contributed by atoms with Crippen molar-refractivity contribution in [2.24, 2.45) is 0 Å². The molecule has 1 fully saturated rings.